The fourth-order valence-corrected chi connectivity index (χ4v) is 1.74. The van der Waals surface area contributed by atoms with Gasteiger partial charge in [0.15, 0.2) is 0 Å². The number of rotatable bonds is 2. The minimum atomic E-state index is -0.521. The van der Waals surface area contributed by atoms with Crippen LogP contribution in [0, 0.1) is 24.1 Å². The van der Waals surface area contributed by atoms with Crippen LogP contribution in [0.1, 0.15) is 11.1 Å². The molecule has 18 heavy (non-hydrogen) atoms. The van der Waals surface area contributed by atoms with E-state index in [1.807, 2.05) is 19.1 Å². The number of aryl methyl sites for hydroxylation is 1. The minimum absolute atomic E-state index is 0.0145. The molecule has 0 spiro atoms. The lowest BCUT2D eigenvalue weighted by Gasteiger charge is -2.09. The molecule has 3 N–H and O–H groups in total. The van der Waals surface area contributed by atoms with E-state index in [-0.39, 0.29) is 5.56 Å². The zero-order valence-electron chi connectivity index (χ0n) is 9.87. The smallest absolute Gasteiger partial charge is 0.141 e. The van der Waals surface area contributed by atoms with Gasteiger partial charge in [0, 0.05) is 17.1 Å². The fraction of sp³-hybridized carbons (Fsp3) is 0.0714. The molecule has 0 radical (unpaired) electrons. The number of nitrogens with one attached hydrogen (secondary N) is 1. The zero-order chi connectivity index (χ0) is 13.1. The summed E-state index contributed by atoms with van der Waals surface area (Å²) in [5.74, 6) is -0.521. The van der Waals surface area contributed by atoms with Gasteiger partial charge in [-0.3, -0.25) is 0 Å². The molecule has 0 heterocycles. The van der Waals surface area contributed by atoms with Crippen LogP contribution < -0.4 is 11.1 Å². The van der Waals surface area contributed by atoms with Crippen LogP contribution in [-0.4, -0.2) is 0 Å². The highest BCUT2D eigenvalue weighted by Gasteiger charge is 2.03. The number of nitrogen functional groups attached to an aromatic ring is 1. The number of benzene rings is 2. The van der Waals surface area contributed by atoms with Gasteiger partial charge in [0.25, 0.3) is 0 Å². The van der Waals surface area contributed by atoms with Crippen molar-refractivity contribution in [2.45, 2.75) is 6.92 Å². The molecule has 3 nitrogen and oxygen atoms in total. The predicted molar refractivity (Wildman–Crippen MR) is 70.0 cm³/mol. The Morgan fingerprint density at radius 1 is 1.17 bits per heavy atom. The first-order chi connectivity index (χ1) is 8.58. The van der Waals surface area contributed by atoms with Crippen molar-refractivity contribution in [3.8, 4) is 6.07 Å². The zero-order valence-corrected chi connectivity index (χ0v) is 9.87. The molecule has 2 aromatic carbocycles. The summed E-state index contributed by atoms with van der Waals surface area (Å²) in [7, 11) is 0. The largest absolute Gasteiger partial charge is 0.399 e. The van der Waals surface area contributed by atoms with Crippen LogP contribution in [0.25, 0.3) is 0 Å². The molecule has 0 fully saturated rings. The number of halogens is 1. The molecular weight excluding hydrogens is 229 g/mol. The molecule has 0 aliphatic carbocycles. The number of nitrogens with two attached hydrogens (primary N) is 1. The molecule has 0 aliphatic rings. The molecule has 0 unspecified atom stereocenters. The summed E-state index contributed by atoms with van der Waals surface area (Å²) in [6.45, 7) is 1.94. The van der Waals surface area contributed by atoms with Gasteiger partial charge in [-0.1, -0.05) is 0 Å². The lowest BCUT2D eigenvalue weighted by Crippen LogP contribution is -1.95. The predicted octanol–water partition coefficient (Wildman–Crippen LogP) is 3.33. The van der Waals surface area contributed by atoms with E-state index in [2.05, 4.69) is 5.32 Å². The Hall–Kier alpha value is -2.54. The Bertz CT molecular complexity index is 609. The van der Waals surface area contributed by atoms with Gasteiger partial charge in [-0.15, -0.1) is 0 Å². The molecule has 4 heteroatoms. The second-order valence-electron chi connectivity index (χ2n) is 4.06. The van der Waals surface area contributed by atoms with Gasteiger partial charge >= 0.3 is 0 Å². The lowest BCUT2D eigenvalue weighted by atomic mass is 10.1. The molecule has 0 aliphatic heterocycles. The topological polar surface area (TPSA) is 61.8 Å². The van der Waals surface area contributed by atoms with Crippen LogP contribution in [0.2, 0.25) is 0 Å². The summed E-state index contributed by atoms with van der Waals surface area (Å²) >= 11 is 0. The van der Waals surface area contributed by atoms with E-state index in [0.29, 0.717) is 11.4 Å². The molecule has 0 aromatic heterocycles. The number of hydrogen-bond acceptors (Lipinski definition) is 3. The maximum absolute atomic E-state index is 13.2. The van der Waals surface area contributed by atoms with E-state index in [4.69, 9.17) is 11.0 Å². The highest BCUT2D eigenvalue weighted by Crippen LogP contribution is 2.22. The Labute approximate surface area is 105 Å². The molecular formula is C14H12FN3. The maximum Gasteiger partial charge on any atom is 0.141 e. The standard InChI is InChI=1S/C14H12FN3/c1-9-4-11(17)7-13(5-9)18-12-2-3-14(15)10(6-12)8-16/h2-7,18H,17H2,1H3. The van der Waals surface area contributed by atoms with E-state index in [9.17, 15) is 4.39 Å². The fourth-order valence-electron chi connectivity index (χ4n) is 1.74. The lowest BCUT2D eigenvalue weighted by molar-refractivity contribution is 0.624. The molecule has 0 amide bonds. The normalized spacial score (nSPS) is 9.83. The van der Waals surface area contributed by atoms with Crippen LogP contribution in [0.5, 0.6) is 0 Å². The highest BCUT2D eigenvalue weighted by atomic mass is 19.1. The maximum atomic E-state index is 13.2. The van der Waals surface area contributed by atoms with Gasteiger partial charge in [-0.25, -0.2) is 4.39 Å². The number of anilines is 3. The summed E-state index contributed by atoms with van der Waals surface area (Å²) in [4.78, 5) is 0. The van der Waals surface area contributed by atoms with Crippen molar-refractivity contribution < 1.29 is 4.39 Å². The quantitative estimate of drug-likeness (QED) is 0.793. The van der Waals surface area contributed by atoms with E-state index < -0.39 is 5.82 Å². The summed E-state index contributed by atoms with van der Waals surface area (Å²) in [5, 5.41) is 11.8. The molecule has 2 rings (SSSR count). The molecule has 0 atom stereocenters. The summed E-state index contributed by atoms with van der Waals surface area (Å²) in [6.07, 6.45) is 0. The molecule has 2 aromatic rings. The summed E-state index contributed by atoms with van der Waals surface area (Å²) < 4.78 is 13.2. The number of hydrogen-bond donors (Lipinski definition) is 2. The van der Waals surface area contributed by atoms with Gasteiger partial charge in [-0.05, 0) is 48.9 Å². The third kappa shape index (κ3) is 2.58. The highest BCUT2D eigenvalue weighted by molar-refractivity contribution is 5.65. The van der Waals surface area contributed by atoms with Crippen molar-refractivity contribution in [3.05, 3.63) is 53.3 Å². The Kier molecular flexibility index (Phi) is 3.16. The van der Waals surface area contributed by atoms with Crippen LogP contribution in [-0.2, 0) is 0 Å². The molecule has 0 bridgehead atoms. The Morgan fingerprint density at radius 3 is 2.61 bits per heavy atom. The van der Waals surface area contributed by atoms with Crippen LogP contribution in [0.4, 0.5) is 21.5 Å². The van der Waals surface area contributed by atoms with E-state index >= 15 is 0 Å². The van der Waals surface area contributed by atoms with Crippen LogP contribution in [0.15, 0.2) is 36.4 Å². The molecule has 0 saturated heterocycles. The van der Waals surface area contributed by atoms with E-state index in [0.717, 1.165) is 11.3 Å². The first kappa shape index (κ1) is 11.9. The van der Waals surface area contributed by atoms with Crippen molar-refractivity contribution in [1.82, 2.24) is 0 Å². The molecule has 90 valence electrons. The van der Waals surface area contributed by atoms with Crippen molar-refractivity contribution in [1.29, 1.82) is 5.26 Å². The van der Waals surface area contributed by atoms with Gasteiger partial charge in [-0.2, -0.15) is 5.26 Å². The Balaban J connectivity index is 2.31. The summed E-state index contributed by atoms with van der Waals surface area (Å²) in [6, 6.07) is 11.7. The first-order valence-corrected chi connectivity index (χ1v) is 5.42. The third-order valence-corrected chi connectivity index (χ3v) is 2.48. The number of nitriles is 1. The van der Waals surface area contributed by atoms with Crippen molar-refractivity contribution >= 4 is 17.1 Å². The minimum Gasteiger partial charge on any atom is -0.399 e. The van der Waals surface area contributed by atoms with Crippen molar-refractivity contribution in [2.75, 3.05) is 11.1 Å². The van der Waals surface area contributed by atoms with E-state index in [1.54, 1.807) is 18.2 Å². The second kappa shape index (κ2) is 4.76. The second-order valence-corrected chi connectivity index (χ2v) is 4.06. The van der Waals surface area contributed by atoms with Crippen molar-refractivity contribution in [3.63, 3.8) is 0 Å². The van der Waals surface area contributed by atoms with Crippen LogP contribution >= 0.6 is 0 Å². The van der Waals surface area contributed by atoms with Gasteiger partial charge in [0.05, 0.1) is 5.56 Å². The van der Waals surface area contributed by atoms with Gasteiger partial charge in [0.2, 0.25) is 0 Å². The Morgan fingerprint density at radius 2 is 1.94 bits per heavy atom. The van der Waals surface area contributed by atoms with Crippen LogP contribution in [0.3, 0.4) is 0 Å². The number of nitrogens with zero attached hydrogens (tertiary/aromatic N) is 1. The third-order valence-electron chi connectivity index (χ3n) is 2.48. The monoisotopic (exact) mass is 241 g/mol. The SMILES string of the molecule is Cc1cc(N)cc(Nc2ccc(F)c(C#N)c2)c1. The average Bonchev–Trinajstić information content (AvgIpc) is 2.30. The van der Waals surface area contributed by atoms with Gasteiger partial charge < -0.3 is 11.1 Å². The van der Waals surface area contributed by atoms with Gasteiger partial charge in [0.1, 0.15) is 11.9 Å². The first-order valence-electron chi connectivity index (χ1n) is 5.42. The molecule has 0 saturated carbocycles. The van der Waals surface area contributed by atoms with E-state index in [1.165, 1.54) is 12.1 Å². The van der Waals surface area contributed by atoms with Crippen molar-refractivity contribution in [2.24, 2.45) is 0 Å². The summed E-state index contributed by atoms with van der Waals surface area (Å²) in [5.41, 5.74) is 8.90. The average molecular weight is 241 g/mol.